The second-order valence-electron chi connectivity index (χ2n) is 4.54. The molecule has 0 aliphatic heterocycles. The molecule has 0 aliphatic rings. The molecule has 2 rings (SSSR count). The van der Waals surface area contributed by atoms with Crippen molar-refractivity contribution in [3.63, 3.8) is 0 Å². The van der Waals surface area contributed by atoms with Crippen molar-refractivity contribution in [1.29, 1.82) is 0 Å². The maximum absolute atomic E-state index is 13.1. The van der Waals surface area contributed by atoms with E-state index < -0.39 is 0 Å². The van der Waals surface area contributed by atoms with Crippen molar-refractivity contribution in [2.45, 2.75) is 25.8 Å². The lowest BCUT2D eigenvalue weighted by Crippen LogP contribution is -2.13. The number of rotatable bonds is 4. The zero-order valence-electron chi connectivity index (χ0n) is 10.6. The summed E-state index contributed by atoms with van der Waals surface area (Å²) in [6.07, 6.45) is 1.77. The van der Waals surface area contributed by atoms with Crippen LogP contribution in [0.1, 0.15) is 29.7 Å². The van der Waals surface area contributed by atoms with Crippen LogP contribution in [-0.2, 0) is 12.8 Å². The summed E-state index contributed by atoms with van der Waals surface area (Å²) in [6.45, 7) is 2.13. The lowest BCUT2D eigenvalue weighted by molar-refractivity contribution is 0.618. The van der Waals surface area contributed by atoms with Crippen LogP contribution >= 0.6 is 0 Å². The van der Waals surface area contributed by atoms with E-state index in [4.69, 9.17) is 5.73 Å². The molecule has 0 heterocycles. The molecule has 2 heteroatoms. The highest BCUT2D eigenvalue weighted by Gasteiger charge is 2.07. The van der Waals surface area contributed by atoms with Crippen molar-refractivity contribution in [3.8, 4) is 0 Å². The fourth-order valence-corrected chi connectivity index (χ4v) is 2.02. The van der Waals surface area contributed by atoms with Crippen LogP contribution in [0.2, 0.25) is 0 Å². The Morgan fingerprint density at radius 3 is 2.33 bits per heavy atom. The molecule has 1 atom stereocenters. The first-order valence-electron chi connectivity index (χ1n) is 6.28. The third-order valence-electron chi connectivity index (χ3n) is 3.16. The van der Waals surface area contributed by atoms with Gasteiger partial charge < -0.3 is 5.73 Å². The van der Waals surface area contributed by atoms with Crippen LogP contribution in [0.3, 0.4) is 0 Å². The molecule has 94 valence electrons. The van der Waals surface area contributed by atoms with Gasteiger partial charge in [-0.15, -0.1) is 0 Å². The van der Waals surface area contributed by atoms with Crippen LogP contribution in [-0.4, -0.2) is 0 Å². The Kier molecular flexibility index (Phi) is 4.11. The van der Waals surface area contributed by atoms with Crippen LogP contribution in [0, 0.1) is 5.82 Å². The first-order chi connectivity index (χ1) is 8.69. The summed E-state index contributed by atoms with van der Waals surface area (Å²) in [5, 5.41) is 0. The van der Waals surface area contributed by atoms with Gasteiger partial charge >= 0.3 is 0 Å². The molecule has 0 fully saturated rings. The molecule has 0 radical (unpaired) electrons. The van der Waals surface area contributed by atoms with E-state index in [-0.39, 0.29) is 11.9 Å². The minimum absolute atomic E-state index is 0.159. The molecule has 1 unspecified atom stereocenters. The van der Waals surface area contributed by atoms with Gasteiger partial charge in [-0.1, -0.05) is 43.3 Å². The minimum Gasteiger partial charge on any atom is -0.324 e. The highest BCUT2D eigenvalue weighted by Crippen LogP contribution is 2.17. The molecule has 2 aromatic rings. The minimum atomic E-state index is -0.232. The van der Waals surface area contributed by atoms with Crippen LogP contribution in [0.5, 0.6) is 0 Å². The first-order valence-corrected chi connectivity index (χ1v) is 6.28. The Morgan fingerprint density at radius 1 is 1.06 bits per heavy atom. The van der Waals surface area contributed by atoms with E-state index in [1.807, 2.05) is 6.07 Å². The molecule has 0 saturated heterocycles. The van der Waals surface area contributed by atoms with Crippen LogP contribution in [0.15, 0.2) is 48.5 Å². The number of nitrogens with two attached hydrogens (primary N) is 1. The van der Waals surface area contributed by atoms with Crippen molar-refractivity contribution >= 4 is 0 Å². The topological polar surface area (TPSA) is 26.0 Å². The zero-order valence-corrected chi connectivity index (χ0v) is 10.6. The fourth-order valence-electron chi connectivity index (χ4n) is 2.02. The third kappa shape index (κ3) is 3.17. The van der Waals surface area contributed by atoms with E-state index in [2.05, 4.69) is 31.2 Å². The van der Waals surface area contributed by atoms with Gasteiger partial charge in [-0.25, -0.2) is 4.39 Å². The molecule has 0 amide bonds. The lowest BCUT2D eigenvalue weighted by atomic mass is 9.98. The van der Waals surface area contributed by atoms with E-state index in [0.717, 1.165) is 18.4 Å². The lowest BCUT2D eigenvalue weighted by Gasteiger charge is -2.12. The van der Waals surface area contributed by atoms with Gasteiger partial charge in [-0.05, 0) is 41.7 Å². The average molecular weight is 243 g/mol. The molecule has 0 bridgehead atoms. The highest BCUT2D eigenvalue weighted by molar-refractivity contribution is 5.26. The Balaban J connectivity index is 2.08. The van der Waals surface area contributed by atoms with Crippen molar-refractivity contribution in [3.05, 3.63) is 71.0 Å². The Hall–Kier alpha value is -1.67. The number of halogens is 1. The van der Waals surface area contributed by atoms with E-state index in [1.54, 1.807) is 6.07 Å². The predicted molar refractivity (Wildman–Crippen MR) is 72.9 cm³/mol. The predicted octanol–water partition coefficient (Wildman–Crippen LogP) is 3.63. The van der Waals surface area contributed by atoms with Gasteiger partial charge in [0.15, 0.2) is 0 Å². The molecule has 2 N–H and O–H groups in total. The molecule has 2 aromatic carbocycles. The standard InChI is InChI=1S/C16H18FN/c1-2-12-6-8-13(9-7-12)10-16(18)14-4-3-5-15(17)11-14/h3-9,11,16H,2,10,18H2,1H3. The SMILES string of the molecule is CCc1ccc(CC(N)c2cccc(F)c2)cc1. The van der Waals surface area contributed by atoms with E-state index in [0.29, 0.717) is 0 Å². The van der Waals surface area contributed by atoms with Gasteiger partial charge in [-0.3, -0.25) is 0 Å². The highest BCUT2D eigenvalue weighted by atomic mass is 19.1. The number of hydrogen-bond acceptors (Lipinski definition) is 1. The average Bonchev–Trinajstić information content (AvgIpc) is 2.39. The van der Waals surface area contributed by atoms with Gasteiger partial charge in [0.1, 0.15) is 5.82 Å². The summed E-state index contributed by atoms with van der Waals surface area (Å²) >= 11 is 0. The summed E-state index contributed by atoms with van der Waals surface area (Å²) in [4.78, 5) is 0. The molecule has 1 nitrogen and oxygen atoms in total. The summed E-state index contributed by atoms with van der Waals surface area (Å²) in [7, 11) is 0. The fraction of sp³-hybridized carbons (Fsp3) is 0.250. The molecule has 0 spiro atoms. The van der Waals surface area contributed by atoms with E-state index in [9.17, 15) is 4.39 Å². The van der Waals surface area contributed by atoms with Crippen molar-refractivity contribution in [2.75, 3.05) is 0 Å². The Bertz CT molecular complexity index is 505. The number of hydrogen-bond donors (Lipinski definition) is 1. The quantitative estimate of drug-likeness (QED) is 0.871. The molecular formula is C16H18FN. The Labute approximate surface area is 107 Å². The van der Waals surface area contributed by atoms with Crippen LogP contribution in [0.4, 0.5) is 4.39 Å². The Morgan fingerprint density at radius 2 is 1.72 bits per heavy atom. The smallest absolute Gasteiger partial charge is 0.123 e. The van der Waals surface area contributed by atoms with Gasteiger partial charge in [-0.2, -0.15) is 0 Å². The van der Waals surface area contributed by atoms with Crippen LogP contribution < -0.4 is 5.73 Å². The van der Waals surface area contributed by atoms with Crippen LogP contribution in [0.25, 0.3) is 0 Å². The monoisotopic (exact) mass is 243 g/mol. The zero-order chi connectivity index (χ0) is 13.0. The maximum Gasteiger partial charge on any atom is 0.123 e. The molecule has 0 aliphatic carbocycles. The second kappa shape index (κ2) is 5.78. The van der Waals surface area contributed by atoms with E-state index in [1.165, 1.54) is 23.3 Å². The summed E-state index contributed by atoms with van der Waals surface area (Å²) < 4.78 is 13.1. The van der Waals surface area contributed by atoms with Gasteiger partial charge in [0.25, 0.3) is 0 Å². The number of aryl methyl sites for hydroxylation is 1. The largest absolute Gasteiger partial charge is 0.324 e. The molecule has 18 heavy (non-hydrogen) atoms. The molecule has 0 aromatic heterocycles. The first kappa shape index (κ1) is 12.8. The molecule has 0 saturated carbocycles. The number of benzene rings is 2. The van der Waals surface area contributed by atoms with Gasteiger partial charge in [0.05, 0.1) is 0 Å². The summed E-state index contributed by atoms with van der Waals surface area (Å²) in [5.74, 6) is -0.232. The van der Waals surface area contributed by atoms with Crippen molar-refractivity contribution in [2.24, 2.45) is 5.73 Å². The summed E-state index contributed by atoms with van der Waals surface area (Å²) in [5.41, 5.74) is 9.44. The van der Waals surface area contributed by atoms with Gasteiger partial charge in [0.2, 0.25) is 0 Å². The third-order valence-corrected chi connectivity index (χ3v) is 3.16. The van der Waals surface area contributed by atoms with E-state index >= 15 is 0 Å². The second-order valence-corrected chi connectivity index (χ2v) is 4.54. The summed E-state index contributed by atoms with van der Waals surface area (Å²) in [6, 6.07) is 14.8. The normalized spacial score (nSPS) is 12.4. The van der Waals surface area contributed by atoms with Gasteiger partial charge in [0, 0.05) is 6.04 Å². The van der Waals surface area contributed by atoms with Crippen molar-refractivity contribution < 1.29 is 4.39 Å². The van der Waals surface area contributed by atoms with Crippen molar-refractivity contribution in [1.82, 2.24) is 0 Å². The molecular weight excluding hydrogens is 225 g/mol. The maximum atomic E-state index is 13.1.